The van der Waals surface area contributed by atoms with Gasteiger partial charge in [-0.25, -0.2) is 4.79 Å². The summed E-state index contributed by atoms with van der Waals surface area (Å²) >= 11 is 0. The van der Waals surface area contributed by atoms with E-state index in [0.29, 0.717) is 11.3 Å². The number of rotatable bonds is 9. The van der Waals surface area contributed by atoms with Gasteiger partial charge in [-0.1, -0.05) is 12.1 Å². The van der Waals surface area contributed by atoms with Gasteiger partial charge in [0.2, 0.25) is 11.8 Å². The highest BCUT2D eigenvalue weighted by Crippen LogP contribution is 2.16. The minimum Gasteiger partial charge on any atom is -0.497 e. The van der Waals surface area contributed by atoms with E-state index in [1.165, 1.54) is 30.2 Å². The molecule has 1 aromatic heterocycles. The van der Waals surface area contributed by atoms with Gasteiger partial charge in [-0.2, -0.15) is 0 Å². The maximum atomic E-state index is 13.4. The molecule has 0 radical (unpaired) electrons. The van der Waals surface area contributed by atoms with Crippen LogP contribution in [0.5, 0.6) is 5.75 Å². The van der Waals surface area contributed by atoms with E-state index in [2.05, 4.69) is 10.3 Å². The normalized spacial score (nSPS) is 16.1. The number of methoxy groups -OCH3 is 3. The molecule has 192 valence electrons. The van der Waals surface area contributed by atoms with Gasteiger partial charge in [-0.05, 0) is 29.8 Å². The Balaban J connectivity index is 1.80. The first kappa shape index (κ1) is 26.6. The Hall–Kier alpha value is -3.99. The number of esters is 1. The quantitative estimate of drug-likeness (QED) is 0.489. The first-order chi connectivity index (χ1) is 17.4. The van der Waals surface area contributed by atoms with Gasteiger partial charge in [0.25, 0.3) is 5.91 Å². The van der Waals surface area contributed by atoms with Gasteiger partial charge in [-0.15, -0.1) is 0 Å². The summed E-state index contributed by atoms with van der Waals surface area (Å²) in [5.74, 6) is -1.25. The molecule has 11 nitrogen and oxygen atoms in total. The molecule has 36 heavy (non-hydrogen) atoms. The van der Waals surface area contributed by atoms with Crippen LogP contribution in [0.15, 0.2) is 48.8 Å². The Kier molecular flexibility index (Phi) is 9.34. The fraction of sp³-hybridized carbons (Fsp3) is 0.400. The Morgan fingerprint density at radius 1 is 1.08 bits per heavy atom. The first-order valence-corrected chi connectivity index (χ1v) is 11.4. The Labute approximate surface area is 209 Å². The molecule has 1 aliphatic rings. The van der Waals surface area contributed by atoms with Crippen molar-refractivity contribution in [3.05, 3.63) is 59.9 Å². The van der Waals surface area contributed by atoms with E-state index in [0.717, 1.165) is 5.56 Å². The Bertz CT molecular complexity index is 1060. The summed E-state index contributed by atoms with van der Waals surface area (Å²) in [6.45, 7) is 0.102. The summed E-state index contributed by atoms with van der Waals surface area (Å²) in [6.07, 6.45) is 3.17. The molecule has 2 aromatic rings. The predicted molar refractivity (Wildman–Crippen MR) is 128 cm³/mol. The summed E-state index contributed by atoms with van der Waals surface area (Å²) in [4.78, 5) is 58.4. The van der Waals surface area contributed by atoms with Crippen LogP contribution in [0, 0.1) is 0 Å². The van der Waals surface area contributed by atoms with Crippen LogP contribution in [0.1, 0.15) is 15.9 Å². The number of benzene rings is 1. The first-order valence-electron chi connectivity index (χ1n) is 11.4. The van der Waals surface area contributed by atoms with Crippen LogP contribution in [-0.4, -0.2) is 98.1 Å². The summed E-state index contributed by atoms with van der Waals surface area (Å²) in [6, 6.07) is 8.32. The average Bonchev–Trinajstić information content (AvgIpc) is 2.92. The second-order valence-corrected chi connectivity index (χ2v) is 8.17. The summed E-state index contributed by atoms with van der Waals surface area (Å²) in [5.41, 5.74) is 1.15. The van der Waals surface area contributed by atoms with E-state index >= 15 is 0 Å². The lowest BCUT2D eigenvalue weighted by atomic mass is 10.0. The van der Waals surface area contributed by atoms with Crippen molar-refractivity contribution in [1.29, 1.82) is 0 Å². The van der Waals surface area contributed by atoms with Crippen molar-refractivity contribution in [3.63, 3.8) is 0 Å². The van der Waals surface area contributed by atoms with Gasteiger partial charge in [-0.3, -0.25) is 19.4 Å². The van der Waals surface area contributed by atoms with Crippen molar-refractivity contribution < 1.29 is 33.4 Å². The van der Waals surface area contributed by atoms with Crippen LogP contribution in [0.3, 0.4) is 0 Å². The topological polar surface area (TPSA) is 127 Å². The Morgan fingerprint density at radius 3 is 2.44 bits per heavy atom. The van der Waals surface area contributed by atoms with Crippen LogP contribution >= 0.6 is 0 Å². The SMILES string of the molecule is COCC(=O)N1CCN(C(=O)c2cccnc2)C[C@@H]1C(=O)N[C@@H](Cc1ccc(OC)cc1)C(=O)OC. The maximum absolute atomic E-state index is 13.4. The number of amides is 3. The molecule has 1 saturated heterocycles. The molecular formula is C25H30N4O7. The van der Waals surface area contributed by atoms with Gasteiger partial charge in [0.1, 0.15) is 24.4 Å². The Morgan fingerprint density at radius 2 is 1.83 bits per heavy atom. The third kappa shape index (κ3) is 6.57. The number of piperazine rings is 1. The predicted octanol–water partition coefficient (Wildman–Crippen LogP) is 0.290. The molecule has 0 unspecified atom stereocenters. The third-order valence-electron chi connectivity index (χ3n) is 5.87. The standard InChI is InChI=1S/C25H30N4O7/c1-34-16-22(30)29-12-11-28(24(32)18-5-4-10-26-14-18)15-21(29)23(31)27-20(25(33)36-3)13-17-6-8-19(35-2)9-7-17/h4-10,14,20-21H,11-13,15-16H2,1-3H3,(H,27,31)/t20-,21+/m0/s1. The van der Waals surface area contributed by atoms with Crippen LogP contribution in [-0.2, 0) is 30.3 Å². The van der Waals surface area contributed by atoms with Crippen LogP contribution < -0.4 is 10.1 Å². The average molecular weight is 499 g/mol. The minimum absolute atomic E-state index is 0.0502. The zero-order chi connectivity index (χ0) is 26.1. The van der Waals surface area contributed by atoms with Gasteiger partial charge >= 0.3 is 5.97 Å². The molecule has 3 amide bonds. The maximum Gasteiger partial charge on any atom is 0.328 e. The number of carbonyl (C=O) groups is 4. The van der Waals surface area contributed by atoms with Crippen LogP contribution in [0.2, 0.25) is 0 Å². The van der Waals surface area contributed by atoms with E-state index in [-0.39, 0.29) is 38.6 Å². The summed E-state index contributed by atoms with van der Waals surface area (Å²) in [7, 11) is 4.17. The number of carbonyl (C=O) groups excluding carboxylic acids is 4. The highest BCUT2D eigenvalue weighted by molar-refractivity contribution is 5.96. The van der Waals surface area contributed by atoms with Gasteiger partial charge in [0, 0.05) is 39.0 Å². The molecule has 0 spiro atoms. The largest absolute Gasteiger partial charge is 0.497 e. The number of aromatic nitrogens is 1. The van der Waals surface area contributed by atoms with Gasteiger partial charge in [0.15, 0.2) is 0 Å². The number of ether oxygens (including phenoxy) is 3. The molecule has 2 atom stereocenters. The smallest absolute Gasteiger partial charge is 0.328 e. The molecule has 0 saturated carbocycles. The van der Waals surface area contributed by atoms with E-state index in [9.17, 15) is 19.2 Å². The van der Waals surface area contributed by atoms with E-state index in [1.807, 2.05) is 0 Å². The molecule has 1 fully saturated rings. The number of hydrogen-bond donors (Lipinski definition) is 1. The van der Waals surface area contributed by atoms with Crippen molar-refractivity contribution in [2.45, 2.75) is 18.5 Å². The minimum atomic E-state index is -1.02. The zero-order valence-corrected chi connectivity index (χ0v) is 20.5. The number of nitrogens with one attached hydrogen (secondary N) is 1. The lowest BCUT2D eigenvalue weighted by molar-refractivity contribution is -0.149. The molecule has 2 heterocycles. The van der Waals surface area contributed by atoms with Gasteiger partial charge in [0.05, 0.1) is 26.3 Å². The van der Waals surface area contributed by atoms with Crippen molar-refractivity contribution in [2.75, 3.05) is 47.6 Å². The van der Waals surface area contributed by atoms with E-state index < -0.39 is 29.9 Å². The van der Waals surface area contributed by atoms with Crippen molar-refractivity contribution in [2.24, 2.45) is 0 Å². The second kappa shape index (κ2) is 12.6. The molecule has 3 rings (SSSR count). The summed E-state index contributed by atoms with van der Waals surface area (Å²) < 4.78 is 15.0. The third-order valence-corrected chi connectivity index (χ3v) is 5.87. The molecule has 1 N–H and O–H groups in total. The van der Waals surface area contributed by atoms with Crippen molar-refractivity contribution in [1.82, 2.24) is 20.1 Å². The molecule has 1 aromatic carbocycles. The number of pyridine rings is 1. The highest BCUT2D eigenvalue weighted by Gasteiger charge is 2.38. The van der Waals surface area contributed by atoms with Crippen molar-refractivity contribution in [3.8, 4) is 5.75 Å². The number of nitrogens with zero attached hydrogens (tertiary/aromatic N) is 3. The summed E-state index contributed by atoms with van der Waals surface area (Å²) in [5, 5.41) is 2.71. The lowest BCUT2D eigenvalue weighted by Gasteiger charge is -2.40. The fourth-order valence-electron chi connectivity index (χ4n) is 3.97. The number of hydrogen-bond acceptors (Lipinski definition) is 8. The van der Waals surface area contributed by atoms with E-state index in [1.54, 1.807) is 49.7 Å². The monoisotopic (exact) mass is 498 g/mol. The fourth-order valence-corrected chi connectivity index (χ4v) is 3.97. The molecular weight excluding hydrogens is 468 g/mol. The zero-order valence-electron chi connectivity index (χ0n) is 20.5. The van der Waals surface area contributed by atoms with Crippen molar-refractivity contribution >= 4 is 23.7 Å². The van der Waals surface area contributed by atoms with Crippen LogP contribution in [0.25, 0.3) is 0 Å². The van der Waals surface area contributed by atoms with Crippen LogP contribution in [0.4, 0.5) is 0 Å². The lowest BCUT2D eigenvalue weighted by Crippen LogP contribution is -2.63. The second-order valence-electron chi connectivity index (χ2n) is 8.17. The molecule has 1 aliphatic heterocycles. The highest BCUT2D eigenvalue weighted by atomic mass is 16.5. The van der Waals surface area contributed by atoms with E-state index in [4.69, 9.17) is 14.2 Å². The molecule has 11 heteroatoms. The molecule has 0 aliphatic carbocycles. The molecule has 0 bridgehead atoms. The van der Waals surface area contributed by atoms with Gasteiger partial charge < -0.3 is 29.3 Å².